The van der Waals surface area contributed by atoms with Gasteiger partial charge < -0.3 is 25.4 Å². The molecule has 2 unspecified atom stereocenters. The van der Waals surface area contributed by atoms with E-state index < -0.39 is 41.1 Å². The van der Waals surface area contributed by atoms with E-state index in [4.69, 9.17) is 16.3 Å². The van der Waals surface area contributed by atoms with Crippen LogP contribution in [0.4, 0.5) is 10.5 Å². The first kappa shape index (κ1) is 35.4. The molecule has 0 saturated heterocycles. The molecule has 8 nitrogen and oxygen atoms in total. The van der Waals surface area contributed by atoms with Crippen molar-refractivity contribution in [1.82, 2.24) is 10.2 Å². The van der Waals surface area contributed by atoms with Crippen LogP contribution in [0.3, 0.4) is 0 Å². The summed E-state index contributed by atoms with van der Waals surface area (Å²) in [4.78, 5) is 44.0. The fourth-order valence-electron chi connectivity index (χ4n) is 4.97. The highest BCUT2D eigenvalue weighted by Gasteiger charge is 2.43. The minimum atomic E-state index is -1.10. The van der Waals surface area contributed by atoms with Crippen LogP contribution in [0.1, 0.15) is 81.8 Å². The van der Waals surface area contributed by atoms with Crippen LogP contribution in [0.5, 0.6) is 5.75 Å². The summed E-state index contributed by atoms with van der Waals surface area (Å²) in [6.07, 6.45) is -0.149. The van der Waals surface area contributed by atoms with Gasteiger partial charge in [0.2, 0.25) is 5.91 Å². The molecular weight excluding hydrogens is 590 g/mol. The highest BCUT2D eigenvalue weighted by atomic mass is 35.5. The Hall–Kier alpha value is -4.04. The summed E-state index contributed by atoms with van der Waals surface area (Å²) in [6, 6.07) is 15.3. The number of benzene rings is 3. The number of ether oxygens (including phenoxy) is 1. The SMILES string of the molecule is CCC(C)(C)N(C(=O)C(Cc1ccc(O)cc1)NC(=O)OC(C)(C)C)C(C(=O)Nc1c(C)cccc1Cl)c1ccc(C)c(C)c1. The summed E-state index contributed by atoms with van der Waals surface area (Å²) in [5.74, 6) is -0.822. The molecule has 0 aromatic heterocycles. The van der Waals surface area contributed by atoms with E-state index in [0.29, 0.717) is 28.3 Å². The number of carbonyl (C=O) groups is 3. The van der Waals surface area contributed by atoms with Crippen LogP contribution >= 0.6 is 11.6 Å². The number of para-hydroxylation sites is 1. The Labute approximate surface area is 272 Å². The molecule has 242 valence electrons. The van der Waals surface area contributed by atoms with Gasteiger partial charge >= 0.3 is 6.09 Å². The Balaban J connectivity index is 2.20. The lowest BCUT2D eigenvalue weighted by molar-refractivity contribution is -0.147. The number of amides is 3. The van der Waals surface area contributed by atoms with Gasteiger partial charge in [-0.3, -0.25) is 9.59 Å². The topological polar surface area (TPSA) is 108 Å². The number of nitrogens with zero attached hydrogens (tertiary/aromatic N) is 1. The predicted octanol–water partition coefficient (Wildman–Crippen LogP) is 7.80. The number of nitrogens with one attached hydrogen (secondary N) is 2. The average Bonchev–Trinajstić information content (AvgIpc) is 2.94. The summed E-state index contributed by atoms with van der Waals surface area (Å²) >= 11 is 6.52. The first-order chi connectivity index (χ1) is 20.9. The van der Waals surface area contributed by atoms with Crippen molar-refractivity contribution >= 4 is 35.2 Å². The smallest absolute Gasteiger partial charge is 0.408 e. The molecule has 0 bridgehead atoms. The molecular formula is C36H46ClN3O5. The highest BCUT2D eigenvalue weighted by molar-refractivity contribution is 6.34. The number of hydrogen-bond acceptors (Lipinski definition) is 5. The van der Waals surface area contributed by atoms with Crippen LogP contribution in [-0.2, 0) is 20.7 Å². The van der Waals surface area contributed by atoms with Crippen molar-refractivity contribution in [2.75, 3.05) is 5.32 Å². The number of phenols is 1. The number of hydrogen-bond donors (Lipinski definition) is 3. The lowest BCUT2D eigenvalue weighted by atomic mass is 9.90. The van der Waals surface area contributed by atoms with Crippen LogP contribution in [0, 0.1) is 20.8 Å². The lowest BCUT2D eigenvalue weighted by Gasteiger charge is -2.44. The van der Waals surface area contributed by atoms with Gasteiger partial charge in [0.15, 0.2) is 0 Å². The molecule has 0 heterocycles. The third-order valence-corrected chi connectivity index (χ3v) is 8.26. The predicted molar refractivity (Wildman–Crippen MR) is 180 cm³/mol. The monoisotopic (exact) mass is 635 g/mol. The van der Waals surface area contributed by atoms with Crippen molar-refractivity contribution in [3.63, 3.8) is 0 Å². The third-order valence-electron chi connectivity index (χ3n) is 7.94. The summed E-state index contributed by atoms with van der Waals surface area (Å²) in [5, 5.41) is 16.0. The number of rotatable bonds is 10. The standard InChI is InChI=1S/C36H46ClN3O5/c1-10-36(8,9)40(33(43)29(38-34(44)45-35(5,6)7)21-25-15-18-27(41)19-16-25)31(26-17-14-22(2)24(4)20-26)32(42)39-30-23(3)12-11-13-28(30)37/h11-20,29,31,41H,10,21H2,1-9H3,(H,38,44)(H,39,42). The Morgan fingerprint density at radius 2 is 1.56 bits per heavy atom. The Morgan fingerprint density at radius 3 is 2.11 bits per heavy atom. The fourth-order valence-corrected chi connectivity index (χ4v) is 5.23. The van der Waals surface area contributed by atoms with E-state index in [1.54, 1.807) is 49.9 Å². The third kappa shape index (κ3) is 9.24. The van der Waals surface area contributed by atoms with Gasteiger partial charge in [-0.1, -0.05) is 61.0 Å². The van der Waals surface area contributed by atoms with E-state index in [2.05, 4.69) is 10.6 Å². The van der Waals surface area contributed by atoms with E-state index in [-0.39, 0.29) is 12.2 Å². The van der Waals surface area contributed by atoms with Crippen molar-refractivity contribution in [1.29, 1.82) is 0 Å². The Bertz CT molecular complexity index is 1510. The van der Waals surface area contributed by atoms with Gasteiger partial charge in [0.25, 0.3) is 5.91 Å². The van der Waals surface area contributed by atoms with Crippen LogP contribution in [0.25, 0.3) is 0 Å². The van der Waals surface area contributed by atoms with E-state index in [1.165, 1.54) is 12.1 Å². The first-order valence-electron chi connectivity index (χ1n) is 15.2. The van der Waals surface area contributed by atoms with Crippen molar-refractivity contribution in [3.05, 3.63) is 93.5 Å². The number of aromatic hydroxyl groups is 1. The molecule has 0 spiro atoms. The van der Waals surface area contributed by atoms with Crippen molar-refractivity contribution in [2.24, 2.45) is 0 Å². The van der Waals surface area contributed by atoms with Crippen LogP contribution < -0.4 is 10.6 Å². The molecule has 3 aromatic rings. The molecule has 3 rings (SSSR count). The molecule has 0 aliphatic carbocycles. The summed E-state index contributed by atoms with van der Waals surface area (Å²) in [6.45, 7) is 16.8. The zero-order valence-corrected chi connectivity index (χ0v) is 28.5. The molecule has 3 aromatic carbocycles. The van der Waals surface area contributed by atoms with Gasteiger partial charge in [0, 0.05) is 12.0 Å². The van der Waals surface area contributed by atoms with Gasteiger partial charge in [-0.05, 0) is 108 Å². The number of aryl methyl sites for hydroxylation is 3. The first-order valence-corrected chi connectivity index (χ1v) is 15.5. The fraction of sp³-hybridized carbons (Fsp3) is 0.417. The normalized spacial score (nSPS) is 13.0. The lowest BCUT2D eigenvalue weighted by Crippen LogP contribution is -2.59. The molecule has 0 fully saturated rings. The van der Waals surface area contributed by atoms with Crippen LogP contribution in [0.15, 0.2) is 60.7 Å². The minimum absolute atomic E-state index is 0.0804. The van der Waals surface area contributed by atoms with E-state index in [1.807, 2.05) is 65.8 Å². The van der Waals surface area contributed by atoms with Gasteiger partial charge in [0.05, 0.1) is 10.7 Å². The second kappa shape index (κ2) is 14.4. The maximum absolute atomic E-state index is 14.9. The Morgan fingerprint density at radius 1 is 0.911 bits per heavy atom. The number of carbonyl (C=O) groups excluding carboxylic acids is 3. The summed E-state index contributed by atoms with van der Waals surface area (Å²) in [7, 11) is 0. The molecule has 3 amide bonds. The zero-order chi connectivity index (χ0) is 33.7. The second-order valence-corrected chi connectivity index (χ2v) is 13.5. The number of halogens is 1. The molecule has 9 heteroatoms. The van der Waals surface area contributed by atoms with Crippen molar-refractivity contribution < 1.29 is 24.2 Å². The largest absolute Gasteiger partial charge is 0.508 e. The molecule has 0 saturated carbocycles. The van der Waals surface area contributed by atoms with E-state index >= 15 is 0 Å². The van der Waals surface area contributed by atoms with E-state index in [9.17, 15) is 19.5 Å². The molecule has 3 N–H and O–H groups in total. The van der Waals surface area contributed by atoms with Crippen LogP contribution in [-0.4, -0.2) is 45.1 Å². The molecule has 0 radical (unpaired) electrons. The average molecular weight is 636 g/mol. The van der Waals surface area contributed by atoms with Gasteiger partial charge in [-0.15, -0.1) is 0 Å². The van der Waals surface area contributed by atoms with Crippen molar-refractivity contribution in [2.45, 2.75) is 98.4 Å². The number of phenolic OH excluding ortho intramolecular Hbond substituents is 1. The summed E-state index contributed by atoms with van der Waals surface area (Å²) in [5.41, 5.74) is 2.94. The summed E-state index contributed by atoms with van der Waals surface area (Å²) < 4.78 is 5.54. The maximum atomic E-state index is 14.9. The quantitative estimate of drug-likeness (QED) is 0.211. The molecule has 0 aliphatic rings. The van der Waals surface area contributed by atoms with Gasteiger partial charge in [0.1, 0.15) is 23.4 Å². The highest BCUT2D eigenvalue weighted by Crippen LogP contribution is 2.35. The number of alkyl carbamates (subject to hydrolysis) is 1. The molecule has 0 aliphatic heterocycles. The van der Waals surface area contributed by atoms with Crippen molar-refractivity contribution in [3.8, 4) is 5.75 Å². The molecule has 2 atom stereocenters. The van der Waals surface area contributed by atoms with Gasteiger partial charge in [-0.25, -0.2) is 4.79 Å². The maximum Gasteiger partial charge on any atom is 0.408 e. The van der Waals surface area contributed by atoms with Crippen LogP contribution in [0.2, 0.25) is 5.02 Å². The Kier molecular flexibility index (Phi) is 11.3. The second-order valence-electron chi connectivity index (χ2n) is 13.1. The van der Waals surface area contributed by atoms with Gasteiger partial charge in [-0.2, -0.15) is 0 Å². The number of anilines is 1. The minimum Gasteiger partial charge on any atom is -0.508 e. The zero-order valence-electron chi connectivity index (χ0n) is 27.7. The molecule has 45 heavy (non-hydrogen) atoms. The van der Waals surface area contributed by atoms with E-state index in [0.717, 1.165) is 16.7 Å².